The summed E-state index contributed by atoms with van der Waals surface area (Å²) in [6.07, 6.45) is 0. The molecule has 0 aliphatic carbocycles. The molecule has 1 amide bonds. The Kier molecular flexibility index (Phi) is 3.23. The van der Waals surface area contributed by atoms with E-state index in [0.717, 1.165) is 5.56 Å². The molecule has 2 N–H and O–H groups in total. The Hall–Kier alpha value is -3.29. The van der Waals surface area contributed by atoms with E-state index in [1.807, 2.05) is 18.2 Å². The average molecular weight is 326 g/mol. The van der Waals surface area contributed by atoms with Gasteiger partial charge in [0.2, 0.25) is 6.79 Å². The van der Waals surface area contributed by atoms with E-state index in [2.05, 4.69) is 20.7 Å². The summed E-state index contributed by atoms with van der Waals surface area (Å²) in [6.45, 7) is 3.71. The molecule has 4 rings (SSSR count). The summed E-state index contributed by atoms with van der Waals surface area (Å²) < 4.78 is 15.7. The zero-order chi connectivity index (χ0) is 16.7. The van der Waals surface area contributed by atoms with Crippen molar-refractivity contribution in [2.24, 2.45) is 0 Å². The predicted molar refractivity (Wildman–Crippen MR) is 84.1 cm³/mol. The van der Waals surface area contributed by atoms with Crippen molar-refractivity contribution >= 4 is 11.6 Å². The number of carbonyl (C=O) groups is 1. The molecule has 0 atom stereocenters. The highest BCUT2D eigenvalue weighted by Crippen LogP contribution is 2.35. The molecule has 8 heteroatoms. The molecule has 0 saturated heterocycles. The first-order valence-electron chi connectivity index (χ1n) is 7.31. The van der Waals surface area contributed by atoms with Gasteiger partial charge in [0.15, 0.2) is 17.3 Å². The summed E-state index contributed by atoms with van der Waals surface area (Å²) >= 11 is 0. The van der Waals surface area contributed by atoms with E-state index < -0.39 is 0 Å². The van der Waals surface area contributed by atoms with E-state index in [1.54, 1.807) is 19.9 Å². The summed E-state index contributed by atoms with van der Waals surface area (Å²) in [5.41, 5.74) is 2.99. The van der Waals surface area contributed by atoms with E-state index in [1.165, 1.54) is 0 Å². The number of carbonyl (C=O) groups excluding carboxylic acids is 1. The molecule has 3 aromatic rings. The van der Waals surface area contributed by atoms with Crippen LogP contribution < -0.4 is 14.8 Å². The number of H-pyrrole nitrogens is 1. The maximum atomic E-state index is 12.4. The summed E-state index contributed by atoms with van der Waals surface area (Å²) in [6, 6.07) is 7.18. The van der Waals surface area contributed by atoms with Gasteiger partial charge in [-0.15, -0.1) is 0 Å². The Bertz CT molecular complexity index is 909. The molecule has 0 unspecified atom stereocenters. The highest BCUT2D eigenvalue weighted by atomic mass is 16.7. The van der Waals surface area contributed by atoms with Crippen LogP contribution in [0.25, 0.3) is 11.3 Å². The lowest BCUT2D eigenvalue weighted by Crippen LogP contribution is -2.13. The van der Waals surface area contributed by atoms with Crippen LogP contribution in [0, 0.1) is 13.8 Å². The largest absolute Gasteiger partial charge is 0.454 e. The lowest BCUT2D eigenvalue weighted by atomic mass is 10.1. The number of hydrogen-bond donors (Lipinski definition) is 2. The Morgan fingerprint density at radius 3 is 2.83 bits per heavy atom. The van der Waals surface area contributed by atoms with Crippen LogP contribution in [0.2, 0.25) is 0 Å². The molecule has 122 valence electrons. The average Bonchev–Trinajstić information content (AvgIpc) is 3.29. The van der Waals surface area contributed by atoms with Gasteiger partial charge in [-0.05, 0) is 38.1 Å². The van der Waals surface area contributed by atoms with Crippen molar-refractivity contribution in [3.63, 3.8) is 0 Å². The number of rotatable bonds is 3. The lowest BCUT2D eigenvalue weighted by molar-refractivity contribution is 0.102. The summed E-state index contributed by atoms with van der Waals surface area (Å²) in [7, 11) is 0. The fourth-order valence-corrected chi connectivity index (χ4v) is 2.48. The van der Waals surface area contributed by atoms with Gasteiger partial charge in [-0.25, -0.2) is 0 Å². The number of hydrogen-bond acceptors (Lipinski definition) is 6. The van der Waals surface area contributed by atoms with E-state index in [0.29, 0.717) is 40.0 Å². The van der Waals surface area contributed by atoms with Crippen molar-refractivity contribution in [3.05, 3.63) is 41.4 Å². The number of fused-ring (bicyclic) bond motifs is 1. The minimum Gasteiger partial charge on any atom is -0.454 e. The van der Waals surface area contributed by atoms with Crippen LogP contribution in [0.4, 0.5) is 5.69 Å². The van der Waals surface area contributed by atoms with Crippen LogP contribution >= 0.6 is 0 Å². The van der Waals surface area contributed by atoms with Crippen LogP contribution in [-0.2, 0) is 0 Å². The molecule has 0 saturated carbocycles. The van der Waals surface area contributed by atoms with Crippen molar-refractivity contribution in [2.45, 2.75) is 13.8 Å². The fourth-order valence-electron chi connectivity index (χ4n) is 2.48. The van der Waals surface area contributed by atoms with Crippen LogP contribution in [-0.4, -0.2) is 28.1 Å². The maximum Gasteiger partial charge on any atom is 0.273 e. The highest BCUT2D eigenvalue weighted by molar-refractivity contribution is 6.04. The second kappa shape index (κ2) is 5.41. The molecule has 3 heterocycles. The third-order valence-electron chi connectivity index (χ3n) is 3.76. The molecule has 24 heavy (non-hydrogen) atoms. The minimum atomic E-state index is -0.316. The lowest BCUT2D eigenvalue weighted by Gasteiger charge is -2.01. The zero-order valence-corrected chi connectivity index (χ0v) is 13.0. The smallest absolute Gasteiger partial charge is 0.273 e. The van der Waals surface area contributed by atoms with Crippen molar-refractivity contribution < 1.29 is 18.8 Å². The van der Waals surface area contributed by atoms with Gasteiger partial charge in [0, 0.05) is 5.56 Å². The molecule has 0 bridgehead atoms. The Labute approximate surface area is 136 Å². The number of benzene rings is 1. The molecular weight excluding hydrogens is 312 g/mol. The third-order valence-corrected chi connectivity index (χ3v) is 3.76. The quantitative estimate of drug-likeness (QED) is 0.767. The van der Waals surface area contributed by atoms with Crippen molar-refractivity contribution in [3.8, 4) is 22.8 Å². The van der Waals surface area contributed by atoms with Gasteiger partial charge in [0.25, 0.3) is 5.91 Å². The number of aromatic nitrogens is 3. The molecule has 1 aliphatic heterocycles. The van der Waals surface area contributed by atoms with Gasteiger partial charge < -0.3 is 19.3 Å². The van der Waals surface area contributed by atoms with Crippen LogP contribution in [0.5, 0.6) is 11.5 Å². The molecule has 1 aliphatic rings. The predicted octanol–water partition coefficient (Wildman–Crippen LogP) is 2.66. The standard InChI is InChI=1S/C16H14N4O4/c1-8-15(9(2)24-20-8)17-16(21)12-6-11(18-19-12)10-3-4-13-14(5-10)23-7-22-13/h3-6H,7H2,1-2H3,(H,17,21)(H,18,19). The second-order valence-electron chi connectivity index (χ2n) is 5.39. The normalized spacial score (nSPS) is 12.4. The monoisotopic (exact) mass is 326 g/mol. The van der Waals surface area contributed by atoms with Crippen molar-refractivity contribution in [2.75, 3.05) is 12.1 Å². The fraction of sp³-hybridized carbons (Fsp3) is 0.188. The van der Waals surface area contributed by atoms with E-state index in [-0.39, 0.29) is 12.7 Å². The number of aryl methyl sites for hydroxylation is 2. The third kappa shape index (κ3) is 2.37. The number of aromatic amines is 1. The Morgan fingerprint density at radius 1 is 1.21 bits per heavy atom. The molecule has 1 aromatic carbocycles. The molecule has 0 spiro atoms. The van der Waals surface area contributed by atoms with Crippen LogP contribution in [0.3, 0.4) is 0 Å². The van der Waals surface area contributed by atoms with Crippen molar-refractivity contribution in [1.29, 1.82) is 0 Å². The van der Waals surface area contributed by atoms with Crippen molar-refractivity contribution in [1.82, 2.24) is 15.4 Å². The summed E-state index contributed by atoms with van der Waals surface area (Å²) in [5, 5.41) is 13.5. The van der Waals surface area contributed by atoms with E-state index in [4.69, 9.17) is 14.0 Å². The summed E-state index contributed by atoms with van der Waals surface area (Å²) in [5.74, 6) is 1.60. The molecule has 2 aromatic heterocycles. The Morgan fingerprint density at radius 2 is 2.04 bits per heavy atom. The number of ether oxygens (including phenoxy) is 2. The first kappa shape index (κ1) is 14.3. The molecule has 8 nitrogen and oxygen atoms in total. The Balaban J connectivity index is 1.57. The summed E-state index contributed by atoms with van der Waals surface area (Å²) in [4.78, 5) is 12.4. The van der Waals surface area contributed by atoms with Gasteiger partial charge in [0.1, 0.15) is 17.1 Å². The number of amides is 1. The first-order valence-corrected chi connectivity index (χ1v) is 7.31. The number of nitrogens with one attached hydrogen (secondary N) is 2. The topological polar surface area (TPSA) is 102 Å². The van der Waals surface area contributed by atoms with Gasteiger partial charge >= 0.3 is 0 Å². The van der Waals surface area contributed by atoms with Crippen LogP contribution in [0.1, 0.15) is 21.9 Å². The van der Waals surface area contributed by atoms with Gasteiger partial charge in [-0.2, -0.15) is 5.10 Å². The van der Waals surface area contributed by atoms with Gasteiger partial charge in [-0.1, -0.05) is 5.16 Å². The zero-order valence-electron chi connectivity index (χ0n) is 13.0. The van der Waals surface area contributed by atoms with E-state index in [9.17, 15) is 4.79 Å². The molecule has 0 fully saturated rings. The maximum absolute atomic E-state index is 12.4. The van der Waals surface area contributed by atoms with Gasteiger partial charge in [0.05, 0.1) is 5.69 Å². The van der Waals surface area contributed by atoms with E-state index >= 15 is 0 Å². The highest BCUT2D eigenvalue weighted by Gasteiger charge is 2.18. The molecule has 0 radical (unpaired) electrons. The molecular formula is C16H14N4O4. The second-order valence-corrected chi connectivity index (χ2v) is 5.39. The van der Waals surface area contributed by atoms with Gasteiger partial charge in [-0.3, -0.25) is 9.89 Å². The minimum absolute atomic E-state index is 0.213. The number of nitrogens with zero attached hydrogens (tertiary/aromatic N) is 2. The van der Waals surface area contributed by atoms with Crippen LogP contribution in [0.15, 0.2) is 28.8 Å². The number of anilines is 1. The SMILES string of the molecule is Cc1noc(C)c1NC(=O)c1cc(-c2ccc3c(c2)OCO3)n[nH]1. The first-order chi connectivity index (χ1) is 11.6.